The quantitative estimate of drug-likeness (QED) is 0.842. The topological polar surface area (TPSA) is 78.6 Å². The highest BCUT2D eigenvalue weighted by atomic mass is 32.2. The van der Waals surface area contributed by atoms with Gasteiger partial charge in [-0.25, -0.2) is 13.6 Å². The molecule has 2 rings (SSSR count). The summed E-state index contributed by atoms with van der Waals surface area (Å²) < 4.78 is 34.1. The van der Waals surface area contributed by atoms with Gasteiger partial charge < -0.3 is 9.31 Å². The predicted octanol–water partition coefficient (Wildman–Crippen LogP) is 1.66. The molecular weight excluding hydrogens is 289 g/mol. The van der Waals surface area contributed by atoms with Crippen LogP contribution in [0.5, 0.6) is 0 Å². The molecule has 1 fully saturated rings. The van der Waals surface area contributed by atoms with Crippen LogP contribution in [0.1, 0.15) is 41.5 Å². The Hall–Kier alpha value is -0.885. The third kappa shape index (κ3) is 3.85. The van der Waals surface area contributed by atoms with E-state index in [1.54, 1.807) is 12.1 Å². The fourth-order valence-electron chi connectivity index (χ4n) is 1.79. The second-order valence-electron chi connectivity index (χ2n) is 5.70. The lowest BCUT2D eigenvalue weighted by Gasteiger charge is -2.32. The fourth-order valence-corrected chi connectivity index (χ4v) is 2.31. The van der Waals surface area contributed by atoms with Gasteiger partial charge in [-0.1, -0.05) is 26.0 Å². The summed E-state index contributed by atoms with van der Waals surface area (Å²) in [4.78, 5) is 0.0766. The normalized spacial score (nSPS) is 19.9. The molecule has 7 heteroatoms. The molecule has 2 N–H and O–H groups in total. The maximum Gasteiger partial charge on any atom is 0.494 e. The van der Waals surface area contributed by atoms with E-state index in [1.807, 2.05) is 41.5 Å². The largest absolute Gasteiger partial charge is 0.494 e. The number of hydrogen-bond acceptors (Lipinski definition) is 4. The van der Waals surface area contributed by atoms with Gasteiger partial charge in [0.1, 0.15) is 0 Å². The predicted molar refractivity (Wildman–Crippen MR) is 84.9 cm³/mol. The molecule has 1 aliphatic rings. The van der Waals surface area contributed by atoms with Crippen molar-refractivity contribution in [2.24, 2.45) is 5.14 Å². The van der Waals surface area contributed by atoms with Gasteiger partial charge in [0, 0.05) is 0 Å². The molecule has 0 aromatic heterocycles. The van der Waals surface area contributed by atoms with Crippen molar-refractivity contribution in [3.05, 3.63) is 24.3 Å². The summed E-state index contributed by atoms with van der Waals surface area (Å²) in [6.45, 7) is 11.9. The Kier molecular flexibility index (Phi) is 5.26. The van der Waals surface area contributed by atoms with Crippen molar-refractivity contribution in [1.82, 2.24) is 0 Å². The van der Waals surface area contributed by atoms with Gasteiger partial charge in [0.05, 0.1) is 16.1 Å². The number of rotatable bonds is 2. The number of hydrogen-bond donors (Lipinski definition) is 1. The number of benzene rings is 1. The lowest BCUT2D eigenvalue weighted by atomic mass is 9.79. The average molecular weight is 313 g/mol. The zero-order valence-electron chi connectivity index (χ0n) is 13.5. The van der Waals surface area contributed by atoms with Crippen LogP contribution in [-0.2, 0) is 19.3 Å². The van der Waals surface area contributed by atoms with Crippen LogP contribution in [0.15, 0.2) is 29.2 Å². The molecule has 0 amide bonds. The highest BCUT2D eigenvalue weighted by Gasteiger charge is 2.51. The van der Waals surface area contributed by atoms with Crippen molar-refractivity contribution < 1.29 is 17.7 Å². The summed E-state index contributed by atoms with van der Waals surface area (Å²) in [5.41, 5.74) is -0.0712. The Balaban J connectivity index is 0.00000106. The second kappa shape index (κ2) is 6.08. The van der Waals surface area contributed by atoms with Crippen LogP contribution in [0.4, 0.5) is 0 Å². The van der Waals surface area contributed by atoms with Gasteiger partial charge in [0.2, 0.25) is 10.0 Å². The molecule has 1 aromatic carbocycles. The number of primary sulfonamides is 1. The lowest BCUT2D eigenvalue weighted by Crippen LogP contribution is -2.41. The van der Waals surface area contributed by atoms with Crippen molar-refractivity contribution in [3.8, 4) is 0 Å². The average Bonchev–Trinajstić information content (AvgIpc) is 2.60. The van der Waals surface area contributed by atoms with E-state index in [-0.39, 0.29) is 4.90 Å². The number of sulfonamides is 1. The van der Waals surface area contributed by atoms with Crippen LogP contribution in [0.3, 0.4) is 0 Å². The smallest absolute Gasteiger partial charge is 0.399 e. The van der Waals surface area contributed by atoms with Crippen LogP contribution >= 0.6 is 0 Å². The van der Waals surface area contributed by atoms with E-state index in [9.17, 15) is 8.42 Å². The van der Waals surface area contributed by atoms with Gasteiger partial charge in [-0.15, -0.1) is 0 Å². The lowest BCUT2D eigenvalue weighted by molar-refractivity contribution is 0.00578. The number of nitrogens with two attached hydrogens (primary N) is 1. The summed E-state index contributed by atoms with van der Waals surface area (Å²) in [6.07, 6.45) is 0. The Morgan fingerprint density at radius 3 is 1.67 bits per heavy atom. The molecule has 21 heavy (non-hydrogen) atoms. The van der Waals surface area contributed by atoms with Crippen molar-refractivity contribution in [1.29, 1.82) is 0 Å². The molecule has 0 unspecified atom stereocenters. The summed E-state index contributed by atoms with van der Waals surface area (Å²) in [7, 11) is -4.17. The zero-order chi connectivity index (χ0) is 16.5. The van der Waals surface area contributed by atoms with E-state index in [2.05, 4.69) is 0 Å². The standard InChI is InChI=1S/C12H18BNO4S.C2H6/c1-11(2)12(3,4)18-13(17-11)9-5-7-10(8-6-9)19(14,15)16;1-2/h5-8H,1-4H3,(H2,14,15,16);1-2H3. The molecule has 0 radical (unpaired) electrons. The molecule has 1 heterocycles. The Morgan fingerprint density at radius 2 is 1.33 bits per heavy atom. The van der Waals surface area contributed by atoms with E-state index < -0.39 is 28.3 Å². The van der Waals surface area contributed by atoms with Crippen molar-refractivity contribution in [3.63, 3.8) is 0 Å². The van der Waals surface area contributed by atoms with E-state index in [0.717, 1.165) is 5.46 Å². The molecule has 1 saturated heterocycles. The molecule has 0 spiro atoms. The molecule has 0 atom stereocenters. The molecule has 118 valence electrons. The minimum Gasteiger partial charge on any atom is -0.399 e. The van der Waals surface area contributed by atoms with Crippen LogP contribution in [0, 0.1) is 0 Å². The summed E-state index contributed by atoms with van der Waals surface area (Å²) in [5, 5.41) is 5.06. The van der Waals surface area contributed by atoms with Gasteiger partial charge in [0.25, 0.3) is 0 Å². The minimum absolute atomic E-state index is 0.0766. The van der Waals surface area contributed by atoms with Gasteiger partial charge >= 0.3 is 7.12 Å². The van der Waals surface area contributed by atoms with Gasteiger partial charge in [-0.2, -0.15) is 0 Å². The molecule has 1 aromatic rings. The van der Waals surface area contributed by atoms with E-state index in [4.69, 9.17) is 14.4 Å². The highest BCUT2D eigenvalue weighted by molar-refractivity contribution is 7.89. The maximum atomic E-state index is 11.2. The first-order valence-electron chi connectivity index (χ1n) is 7.01. The van der Waals surface area contributed by atoms with Gasteiger partial charge in [0.15, 0.2) is 0 Å². The second-order valence-corrected chi connectivity index (χ2v) is 7.26. The van der Waals surface area contributed by atoms with Gasteiger partial charge in [-0.05, 0) is 45.3 Å². The van der Waals surface area contributed by atoms with Crippen LogP contribution in [0.25, 0.3) is 0 Å². The SMILES string of the molecule is CC.CC1(C)OB(c2ccc(S(N)(=O)=O)cc2)OC1(C)C. The first-order valence-corrected chi connectivity index (χ1v) is 8.56. The summed E-state index contributed by atoms with van der Waals surface area (Å²) >= 11 is 0. The molecule has 5 nitrogen and oxygen atoms in total. The van der Waals surface area contributed by atoms with Crippen LogP contribution < -0.4 is 10.6 Å². The summed E-state index contributed by atoms with van der Waals surface area (Å²) in [6, 6.07) is 6.22. The summed E-state index contributed by atoms with van der Waals surface area (Å²) in [5.74, 6) is 0. The van der Waals surface area contributed by atoms with Gasteiger partial charge in [-0.3, -0.25) is 0 Å². The maximum absolute atomic E-state index is 11.2. The Morgan fingerprint density at radius 1 is 0.952 bits per heavy atom. The Labute approximate surface area is 128 Å². The molecular formula is C14H24BNO4S. The van der Waals surface area contributed by atoms with E-state index >= 15 is 0 Å². The van der Waals surface area contributed by atoms with Crippen molar-refractivity contribution in [2.45, 2.75) is 57.6 Å². The first kappa shape index (κ1) is 18.2. The Bertz CT molecular complexity index is 565. The monoisotopic (exact) mass is 313 g/mol. The van der Waals surface area contributed by atoms with Crippen molar-refractivity contribution >= 4 is 22.6 Å². The van der Waals surface area contributed by atoms with E-state index in [0.29, 0.717) is 0 Å². The fraction of sp³-hybridized carbons (Fsp3) is 0.571. The van der Waals surface area contributed by atoms with E-state index in [1.165, 1.54) is 12.1 Å². The molecule has 0 bridgehead atoms. The third-order valence-corrected chi connectivity index (χ3v) is 4.66. The van der Waals surface area contributed by atoms with Crippen LogP contribution in [0.2, 0.25) is 0 Å². The molecule has 0 saturated carbocycles. The van der Waals surface area contributed by atoms with Crippen LogP contribution in [-0.4, -0.2) is 26.7 Å². The highest BCUT2D eigenvalue weighted by Crippen LogP contribution is 2.36. The van der Waals surface area contributed by atoms with Crippen molar-refractivity contribution in [2.75, 3.05) is 0 Å². The molecule has 1 aliphatic heterocycles. The zero-order valence-corrected chi connectivity index (χ0v) is 14.3. The first-order chi connectivity index (χ1) is 9.53. The minimum atomic E-state index is -3.67. The molecule has 0 aliphatic carbocycles. The third-order valence-electron chi connectivity index (χ3n) is 3.73.